The number of nitrogens with two attached hydrogens (primary N) is 1. The summed E-state index contributed by atoms with van der Waals surface area (Å²) < 4.78 is 0. The van der Waals surface area contributed by atoms with Crippen LogP contribution < -0.4 is 5.73 Å². The minimum Gasteiger partial charge on any atom is -0.388 e. The lowest BCUT2D eigenvalue weighted by atomic mass is 9.52. The normalized spacial score (nSPS) is 38.8. The van der Waals surface area contributed by atoms with Gasteiger partial charge in [0.2, 0.25) is 0 Å². The van der Waals surface area contributed by atoms with E-state index in [1.807, 2.05) is 0 Å². The second kappa shape index (κ2) is 3.69. The summed E-state index contributed by atoms with van der Waals surface area (Å²) in [5, 5.41) is 10.8. The van der Waals surface area contributed by atoms with E-state index in [-0.39, 0.29) is 5.54 Å². The number of aliphatic hydroxyl groups is 1. The van der Waals surface area contributed by atoms with Gasteiger partial charge in [0, 0.05) is 12.1 Å². The Morgan fingerprint density at radius 3 is 2.31 bits per heavy atom. The second-order valence-corrected chi connectivity index (χ2v) is 6.86. The van der Waals surface area contributed by atoms with Crippen LogP contribution in [0.2, 0.25) is 0 Å². The molecular weight excluding hydrogens is 200 g/mol. The molecule has 0 bridgehead atoms. The molecule has 3 N–H and O–H groups in total. The summed E-state index contributed by atoms with van der Waals surface area (Å²) in [5.41, 5.74) is 5.79. The summed E-state index contributed by atoms with van der Waals surface area (Å²) >= 11 is 0. The molecule has 1 aliphatic carbocycles. The average Bonchev–Trinajstić information content (AvgIpc) is 2.26. The van der Waals surface area contributed by atoms with E-state index in [0.29, 0.717) is 5.41 Å². The van der Waals surface area contributed by atoms with Crippen LogP contribution in [0.3, 0.4) is 0 Å². The largest absolute Gasteiger partial charge is 0.388 e. The van der Waals surface area contributed by atoms with Crippen LogP contribution in [-0.4, -0.2) is 41.3 Å². The lowest BCUT2D eigenvalue weighted by Gasteiger charge is -2.58. The molecule has 0 radical (unpaired) electrons. The summed E-state index contributed by atoms with van der Waals surface area (Å²) in [6, 6.07) is 0. The van der Waals surface area contributed by atoms with Crippen LogP contribution in [0.4, 0.5) is 0 Å². The smallest absolute Gasteiger partial charge is 0.0839 e. The Morgan fingerprint density at radius 2 is 1.75 bits per heavy atom. The van der Waals surface area contributed by atoms with Gasteiger partial charge in [-0.3, -0.25) is 0 Å². The minimum absolute atomic E-state index is 0.322. The van der Waals surface area contributed by atoms with Crippen molar-refractivity contribution in [2.45, 2.75) is 57.1 Å². The van der Waals surface area contributed by atoms with Crippen molar-refractivity contribution in [2.24, 2.45) is 11.1 Å². The Morgan fingerprint density at radius 1 is 1.12 bits per heavy atom. The molecule has 94 valence electrons. The molecule has 0 aromatic carbocycles. The molecule has 3 nitrogen and oxygen atoms in total. The van der Waals surface area contributed by atoms with Crippen LogP contribution in [-0.2, 0) is 0 Å². The van der Waals surface area contributed by atoms with E-state index in [1.54, 1.807) is 0 Å². The third kappa shape index (κ3) is 2.01. The highest BCUT2D eigenvalue weighted by Crippen LogP contribution is 2.53. The Bertz CT molecular complexity index is 269. The fraction of sp³-hybridized carbons (Fsp3) is 1.00. The number of hydrogen-bond donors (Lipinski definition) is 2. The number of hydrogen-bond acceptors (Lipinski definition) is 3. The van der Waals surface area contributed by atoms with Gasteiger partial charge < -0.3 is 15.7 Å². The van der Waals surface area contributed by atoms with Gasteiger partial charge in [-0.1, -0.05) is 13.8 Å². The third-order valence-corrected chi connectivity index (χ3v) is 4.55. The molecule has 16 heavy (non-hydrogen) atoms. The molecule has 1 saturated carbocycles. The SMILES string of the molecule is CN1CCCC(O)(C2(N)CC(C)(C)C2)CC1. The zero-order valence-corrected chi connectivity index (χ0v) is 10.9. The Kier molecular flexibility index (Phi) is 2.84. The van der Waals surface area contributed by atoms with Crippen molar-refractivity contribution in [2.75, 3.05) is 20.1 Å². The molecule has 2 aliphatic rings. The second-order valence-electron chi connectivity index (χ2n) is 6.86. The van der Waals surface area contributed by atoms with E-state index in [0.717, 1.165) is 45.2 Å². The predicted octanol–water partition coefficient (Wildman–Crippen LogP) is 1.35. The van der Waals surface area contributed by atoms with Gasteiger partial charge >= 0.3 is 0 Å². The third-order valence-electron chi connectivity index (χ3n) is 4.55. The van der Waals surface area contributed by atoms with Gasteiger partial charge in [-0.25, -0.2) is 0 Å². The first kappa shape index (κ1) is 12.3. The quantitative estimate of drug-likeness (QED) is 0.709. The van der Waals surface area contributed by atoms with E-state index in [4.69, 9.17) is 5.73 Å². The summed E-state index contributed by atoms with van der Waals surface area (Å²) in [7, 11) is 2.12. The van der Waals surface area contributed by atoms with Crippen molar-refractivity contribution in [3.05, 3.63) is 0 Å². The van der Waals surface area contributed by atoms with Crippen molar-refractivity contribution in [3.8, 4) is 0 Å². The number of rotatable bonds is 1. The average molecular weight is 226 g/mol. The molecule has 0 amide bonds. The van der Waals surface area contributed by atoms with E-state index in [2.05, 4.69) is 25.8 Å². The molecule has 2 fully saturated rings. The molecule has 3 heteroatoms. The van der Waals surface area contributed by atoms with E-state index in [1.165, 1.54) is 0 Å². The predicted molar refractivity (Wildman–Crippen MR) is 66.2 cm³/mol. The zero-order valence-electron chi connectivity index (χ0n) is 10.9. The van der Waals surface area contributed by atoms with Gasteiger partial charge in [0.25, 0.3) is 0 Å². The molecule has 0 aromatic rings. The first-order chi connectivity index (χ1) is 7.27. The fourth-order valence-electron chi connectivity index (χ4n) is 3.74. The van der Waals surface area contributed by atoms with E-state index in [9.17, 15) is 5.11 Å². The van der Waals surface area contributed by atoms with Crippen LogP contribution in [0.5, 0.6) is 0 Å². The van der Waals surface area contributed by atoms with Gasteiger partial charge in [0.15, 0.2) is 0 Å². The van der Waals surface area contributed by atoms with Gasteiger partial charge in [-0.2, -0.15) is 0 Å². The van der Waals surface area contributed by atoms with Crippen LogP contribution in [0.15, 0.2) is 0 Å². The maximum Gasteiger partial charge on any atom is 0.0839 e. The first-order valence-corrected chi connectivity index (χ1v) is 6.46. The zero-order chi connectivity index (χ0) is 12.0. The number of nitrogens with zero attached hydrogens (tertiary/aromatic N) is 1. The Labute approximate surface area is 99.0 Å². The lowest BCUT2D eigenvalue weighted by Crippen LogP contribution is -2.69. The molecule has 1 atom stereocenters. The molecule has 0 spiro atoms. The van der Waals surface area contributed by atoms with Crippen molar-refractivity contribution < 1.29 is 5.11 Å². The van der Waals surface area contributed by atoms with Gasteiger partial charge in [0.05, 0.1) is 5.60 Å². The van der Waals surface area contributed by atoms with Gasteiger partial charge in [-0.05, 0) is 51.1 Å². The van der Waals surface area contributed by atoms with Crippen LogP contribution >= 0.6 is 0 Å². The Balaban J connectivity index is 2.07. The monoisotopic (exact) mass is 226 g/mol. The van der Waals surface area contributed by atoms with E-state index >= 15 is 0 Å². The van der Waals surface area contributed by atoms with Gasteiger partial charge in [0.1, 0.15) is 0 Å². The molecule has 2 rings (SSSR count). The molecule has 1 aliphatic heterocycles. The minimum atomic E-state index is -0.632. The van der Waals surface area contributed by atoms with Crippen molar-refractivity contribution in [1.82, 2.24) is 4.90 Å². The highest BCUT2D eigenvalue weighted by molar-refractivity contribution is 5.15. The molecule has 0 aromatic heterocycles. The fourth-order valence-corrected chi connectivity index (χ4v) is 3.74. The number of likely N-dealkylation sites (tertiary alicyclic amines) is 1. The molecule has 1 unspecified atom stereocenters. The molecular formula is C13H26N2O. The van der Waals surface area contributed by atoms with Crippen LogP contribution in [0.1, 0.15) is 46.0 Å². The van der Waals surface area contributed by atoms with Crippen molar-refractivity contribution in [3.63, 3.8) is 0 Å². The molecule has 1 heterocycles. The lowest BCUT2D eigenvalue weighted by molar-refractivity contribution is -0.123. The molecule has 1 saturated heterocycles. The topological polar surface area (TPSA) is 49.5 Å². The summed E-state index contributed by atoms with van der Waals surface area (Å²) in [6.45, 7) is 6.53. The highest BCUT2D eigenvalue weighted by atomic mass is 16.3. The summed E-state index contributed by atoms with van der Waals surface area (Å²) in [4.78, 5) is 2.30. The maximum atomic E-state index is 10.8. The Hall–Kier alpha value is -0.120. The van der Waals surface area contributed by atoms with Crippen molar-refractivity contribution >= 4 is 0 Å². The van der Waals surface area contributed by atoms with Crippen LogP contribution in [0, 0.1) is 5.41 Å². The van der Waals surface area contributed by atoms with E-state index < -0.39 is 5.60 Å². The first-order valence-electron chi connectivity index (χ1n) is 6.46. The van der Waals surface area contributed by atoms with Crippen LogP contribution in [0.25, 0.3) is 0 Å². The highest BCUT2D eigenvalue weighted by Gasteiger charge is 2.58. The van der Waals surface area contributed by atoms with Gasteiger partial charge in [-0.15, -0.1) is 0 Å². The van der Waals surface area contributed by atoms with Crippen molar-refractivity contribution in [1.29, 1.82) is 0 Å². The standard InChI is InChI=1S/C13H26N2O/c1-11(2)9-12(14,10-11)13(16)5-4-7-15(3)8-6-13/h16H,4-10,14H2,1-3H3. The maximum absolute atomic E-state index is 10.8. The summed E-state index contributed by atoms with van der Waals surface area (Å²) in [5.74, 6) is 0. The summed E-state index contributed by atoms with van der Waals surface area (Å²) in [6.07, 6.45) is 4.67.